The highest BCUT2D eigenvalue weighted by molar-refractivity contribution is 8.26. The van der Waals surface area contributed by atoms with E-state index in [0.29, 0.717) is 22.4 Å². The van der Waals surface area contributed by atoms with Crippen molar-refractivity contribution in [1.29, 1.82) is 0 Å². The van der Waals surface area contributed by atoms with E-state index in [0.717, 1.165) is 33.8 Å². The number of carbonyl (C=O) groups excluding carboxylic acids is 1. The topological polar surface area (TPSA) is 47.4 Å². The normalized spacial score (nSPS) is 14.9. The third-order valence-electron chi connectivity index (χ3n) is 5.00. The van der Waals surface area contributed by atoms with Gasteiger partial charge in [-0.25, -0.2) is 4.68 Å². The number of carbonyl (C=O) groups is 1. The molecule has 32 heavy (non-hydrogen) atoms. The van der Waals surface area contributed by atoms with Gasteiger partial charge in [0.1, 0.15) is 15.8 Å². The summed E-state index contributed by atoms with van der Waals surface area (Å²) in [5.74, 6) is 0.713. The number of amides is 1. The quantitative estimate of drug-likeness (QED) is 0.259. The Morgan fingerprint density at radius 3 is 2.69 bits per heavy atom. The van der Waals surface area contributed by atoms with Gasteiger partial charge in [0.25, 0.3) is 5.91 Å². The van der Waals surface area contributed by atoms with Crippen LogP contribution in [0.4, 0.5) is 0 Å². The molecule has 3 aromatic rings. The van der Waals surface area contributed by atoms with Crippen molar-refractivity contribution in [2.24, 2.45) is 0 Å². The number of para-hydroxylation sites is 1. The maximum atomic E-state index is 12.9. The molecule has 4 rings (SSSR count). The van der Waals surface area contributed by atoms with Crippen molar-refractivity contribution in [2.45, 2.75) is 13.8 Å². The van der Waals surface area contributed by atoms with Gasteiger partial charge in [0.15, 0.2) is 0 Å². The predicted octanol–water partition coefficient (Wildman–Crippen LogP) is 5.63. The highest BCUT2D eigenvalue weighted by Gasteiger charge is 2.31. The van der Waals surface area contributed by atoms with Crippen molar-refractivity contribution >= 4 is 40.3 Å². The van der Waals surface area contributed by atoms with Gasteiger partial charge in [0.2, 0.25) is 0 Å². The summed E-state index contributed by atoms with van der Waals surface area (Å²) in [6.07, 6.45) is 5.50. The minimum atomic E-state index is -0.110. The van der Waals surface area contributed by atoms with Gasteiger partial charge in [-0.3, -0.25) is 9.69 Å². The first-order valence-corrected chi connectivity index (χ1v) is 11.5. The molecule has 1 fully saturated rings. The molecule has 7 heteroatoms. The molecule has 1 saturated heterocycles. The second kappa shape index (κ2) is 9.54. The first kappa shape index (κ1) is 22.0. The van der Waals surface area contributed by atoms with Crippen LogP contribution in [-0.2, 0) is 4.79 Å². The van der Waals surface area contributed by atoms with E-state index in [9.17, 15) is 4.79 Å². The van der Waals surface area contributed by atoms with Gasteiger partial charge in [-0.15, -0.1) is 6.58 Å². The van der Waals surface area contributed by atoms with Gasteiger partial charge in [0, 0.05) is 23.9 Å². The maximum Gasteiger partial charge on any atom is 0.266 e. The third-order valence-corrected chi connectivity index (χ3v) is 6.38. The molecule has 0 spiro atoms. The number of nitrogens with zero attached hydrogens (tertiary/aromatic N) is 3. The lowest BCUT2D eigenvalue weighted by Crippen LogP contribution is -2.27. The van der Waals surface area contributed by atoms with Gasteiger partial charge < -0.3 is 4.74 Å². The Hall–Kier alpha value is -3.16. The van der Waals surface area contributed by atoms with Gasteiger partial charge >= 0.3 is 0 Å². The molecule has 0 saturated carbocycles. The molecule has 0 atom stereocenters. The largest absolute Gasteiger partial charge is 0.494 e. The molecule has 1 aliphatic heterocycles. The molecular weight excluding hydrogens is 438 g/mol. The highest BCUT2D eigenvalue weighted by Crippen LogP contribution is 2.36. The third kappa shape index (κ3) is 4.40. The summed E-state index contributed by atoms with van der Waals surface area (Å²) in [6.45, 7) is 8.72. The van der Waals surface area contributed by atoms with Crippen LogP contribution in [0.15, 0.2) is 72.3 Å². The van der Waals surface area contributed by atoms with Crippen molar-refractivity contribution in [1.82, 2.24) is 14.7 Å². The molecule has 0 bridgehead atoms. The molecule has 162 valence electrons. The van der Waals surface area contributed by atoms with E-state index < -0.39 is 0 Å². The predicted molar refractivity (Wildman–Crippen MR) is 135 cm³/mol. The number of ether oxygens (including phenoxy) is 1. The Balaban J connectivity index is 1.81. The van der Waals surface area contributed by atoms with Crippen LogP contribution < -0.4 is 4.74 Å². The molecule has 0 radical (unpaired) electrons. The zero-order chi connectivity index (χ0) is 22.7. The fraction of sp³-hybridized carbons (Fsp3) is 0.160. The SMILES string of the molecule is C=CCN1C(=O)/C(=C/c2cn(-c3ccccc3)nc2-c2ccc(OCC)cc2C)SC1=S. The van der Waals surface area contributed by atoms with E-state index in [1.54, 1.807) is 11.0 Å². The van der Waals surface area contributed by atoms with Gasteiger partial charge in [-0.2, -0.15) is 5.10 Å². The van der Waals surface area contributed by atoms with Gasteiger partial charge in [-0.05, 0) is 55.8 Å². The summed E-state index contributed by atoms with van der Waals surface area (Å²) in [5.41, 5.74) is 4.61. The molecular formula is C25H23N3O2S2. The highest BCUT2D eigenvalue weighted by atomic mass is 32.2. The second-order valence-corrected chi connectivity index (χ2v) is 8.88. The fourth-order valence-electron chi connectivity index (χ4n) is 3.50. The zero-order valence-corrected chi connectivity index (χ0v) is 19.6. The van der Waals surface area contributed by atoms with E-state index in [2.05, 4.69) is 6.58 Å². The lowest BCUT2D eigenvalue weighted by Gasteiger charge is -2.10. The summed E-state index contributed by atoms with van der Waals surface area (Å²) in [6, 6.07) is 15.9. The standard InChI is InChI=1S/C25H23N3O2S2/c1-4-13-27-24(29)22(32-25(27)31)15-18-16-28(19-9-7-6-8-10-19)26-23(18)21-12-11-20(30-5-2)14-17(21)3/h4,6-12,14-16H,1,5,13H2,2-3H3/b22-15-. The maximum absolute atomic E-state index is 12.9. The Morgan fingerprint density at radius 1 is 1.22 bits per heavy atom. The number of aryl methyl sites for hydroxylation is 1. The van der Waals surface area contributed by atoms with Crippen LogP contribution in [-0.4, -0.2) is 38.1 Å². The Labute approximate surface area is 197 Å². The molecule has 1 aliphatic rings. The fourth-order valence-corrected chi connectivity index (χ4v) is 4.77. The minimum Gasteiger partial charge on any atom is -0.494 e. The second-order valence-electron chi connectivity index (χ2n) is 7.20. The van der Waals surface area contributed by atoms with Crippen molar-refractivity contribution in [3.05, 3.63) is 83.4 Å². The van der Waals surface area contributed by atoms with Gasteiger partial charge in [-0.1, -0.05) is 48.3 Å². The van der Waals surface area contributed by atoms with Crippen LogP contribution in [0.2, 0.25) is 0 Å². The van der Waals surface area contributed by atoms with E-state index in [-0.39, 0.29) is 5.91 Å². The smallest absolute Gasteiger partial charge is 0.266 e. The lowest BCUT2D eigenvalue weighted by molar-refractivity contribution is -0.121. The van der Waals surface area contributed by atoms with Crippen molar-refractivity contribution in [3.63, 3.8) is 0 Å². The van der Waals surface area contributed by atoms with E-state index in [1.807, 2.05) is 79.3 Å². The summed E-state index contributed by atoms with van der Waals surface area (Å²) in [7, 11) is 0. The average Bonchev–Trinajstić information content (AvgIpc) is 3.31. The zero-order valence-electron chi connectivity index (χ0n) is 17.9. The molecule has 1 aromatic heterocycles. The summed E-state index contributed by atoms with van der Waals surface area (Å²) in [4.78, 5) is 15.0. The van der Waals surface area contributed by atoms with Gasteiger partial charge in [0.05, 0.1) is 17.2 Å². The number of thioether (sulfide) groups is 1. The first-order valence-electron chi connectivity index (χ1n) is 10.3. The number of hydrogen-bond donors (Lipinski definition) is 0. The van der Waals surface area contributed by atoms with E-state index >= 15 is 0 Å². The number of rotatable bonds is 7. The molecule has 0 aliphatic carbocycles. The molecule has 0 N–H and O–H groups in total. The Kier molecular flexibility index (Phi) is 6.58. The summed E-state index contributed by atoms with van der Waals surface area (Å²) >= 11 is 6.69. The van der Waals surface area contributed by atoms with Crippen molar-refractivity contribution < 1.29 is 9.53 Å². The van der Waals surface area contributed by atoms with E-state index in [1.165, 1.54) is 11.8 Å². The number of benzene rings is 2. The lowest BCUT2D eigenvalue weighted by atomic mass is 10.0. The molecule has 2 aromatic carbocycles. The Morgan fingerprint density at radius 2 is 2.00 bits per heavy atom. The van der Waals surface area contributed by atoms with E-state index in [4.69, 9.17) is 22.1 Å². The average molecular weight is 462 g/mol. The monoisotopic (exact) mass is 461 g/mol. The molecule has 2 heterocycles. The number of aromatic nitrogens is 2. The molecule has 1 amide bonds. The minimum absolute atomic E-state index is 0.110. The summed E-state index contributed by atoms with van der Waals surface area (Å²) in [5, 5.41) is 4.88. The Bertz CT molecular complexity index is 1220. The van der Waals surface area contributed by atoms with Crippen molar-refractivity contribution in [3.8, 4) is 22.7 Å². The van der Waals surface area contributed by atoms with Crippen molar-refractivity contribution in [2.75, 3.05) is 13.2 Å². The van der Waals surface area contributed by atoms with Crippen LogP contribution >= 0.6 is 24.0 Å². The number of thiocarbonyl (C=S) groups is 1. The van der Waals surface area contributed by atoms with Crippen LogP contribution in [0.3, 0.4) is 0 Å². The van der Waals surface area contributed by atoms with Crippen LogP contribution in [0, 0.1) is 6.92 Å². The summed E-state index contributed by atoms with van der Waals surface area (Å²) < 4.78 is 8.01. The van der Waals surface area contributed by atoms with Crippen LogP contribution in [0.25, 0.3) is 23.0 Å². The van der Waals surface area contributed by atoms with Crippen LogP contribution in [0.5, 0.6) is 5.75 Å². The molecule has 5 nitrogen and oxygen atoms in total. The molecule has 0 unspecified atom stereocenters. The number of hydrogen-bond acceptors (Lipinski definition) is 5. The van der Waals surface area contributed by atoms with Crippen LogP contribution in [0.1, 0.15) is 18.1 Å². The first-order chi connectivity index (χ1) is 15.5.